The van der Waals surface area contributed by atoms with Crippen LogP contribution in [-0.2, 0) is 6.54 Å². The van der Waals surface area contributed by atoms with Gasteiger partial charge in [-0.2, -0.15) is 0 Å². The predicted molar refractivity (Wildman–Crippen MR) is 87.9 cm³/mol. The van der Waals surface area contributed by atoms with Crippen LogP contribution < -0.4 is 5.56 Å². The molecule has 4 rings (SSSR count). The van der Waals surface area contributed by atoms with Gasteiger partial charge in [0.2, 0.25) is 0 Å². The average Bonchev–Trinajstić information content (AvgIpc) is 3.13. The minimum absolute atomic E-state index is 0.0133. The largest absolute Gasteiger partial charge is 0.296 e. The van der Waals surface area contributed by atoms with Gasteiger partial charge in [-0.05, 0) is 37.8 Å². The Hall–Kier alpha value is -1.81. The third kappa shape index (κ3) is 2.52. The first-order valence-electron chi connectivity index (χ1n) is 8.42. The van der Waals surface area contributed by atoms with Crippen LogP contribution in [0.4, 0.5) is 0 Å². The lowest BCUT2D eigenvalue weighted by molar-refractivity contribution is 0.136. The molecule has 4 heteroatoms. The van der Waals surface area contributed by atoms with Crippen molar-refractivity contribution in [2.75, 3.05) is 6.54 Å². The molecule has 2 aromatic rings. The van der Waals surface area contributed by atoms with Crippen LogP contribution in [0.25, 0.3) is 11.1 Å². The molecule has 2 aliphatic rings. The molecule has 1 aromatic carbocycles. The third-order valence-corrected chi connectivity index (χ3v) is 5.24. The summed E-state index contributed by atoms with van der Waals surface area (Å²) in [5.41, 5.74) is 1.78. The first-order chi connectivity index (χ1) is 10.8. The first-order valence-corrected chi connectivity index (χ1v) is 8.42. The van der Waals surface area contributed by atoms with Crippen molar-refractivity contribution < 1.29 is 0 Å². The molecule has 2 aliphatic heterocycles. The highest BCUT2D eigenvalue weighted by atomic mass is 16.1. The molecular formula is C18H23N3O. The molecule has 1 N–H and O–H groups in total. The van der Waals surface area contributed by atoms with Gasteiger partial charge in [0, 0.05) is 18.3 Å². The molecular weight excluding hydrogens is 274 g/mol. The quantitative estimate of drug-likeness (QED) is 0.946. The van der Waals surface area contributed by atoms with Crippen LogP contribution >= 0.6 is 0 Å². The van der Waals surface area contributed by atoms with Gasteiger partial charge in [-0.15, -0.1) is 0 Å². The minimum atomic E-state index is 0.0133. The fourth-order valence-electron chi connectivity index (χ4n) is 4.15. The molecule has 2 saturated heterocycles. The van der Waals surface area contributed by atoms with Gasteiger partial charge in [-0.3, -0.25) is 19.5 Å². The van der Waals surface area contributed by atoms with Gasteiger partial charge in [-0.1, -0.05) is 36.8 Å². The van der Waals surface area contributed by atoms with E-state index in [0.717, 1.165) is 23.7 Å². The Labute approximate surface area is 130 Å². The van der Waals surface area contributed by atoms with E-state index in [1.165, 1.54) is 38.6 Å². The number of nitrogens with one attached hydrogen (secondary N) is 1. The van der Waals surface area contributed by atoms with Crippen molar-refractivity contribution in [2.45, 2.75) is 50.7 Å². The number of rotatable bonds is 3. The van der Waals surface area contributed by atoms with Gasteiger partial charge in [-0.25, -0.2) is 0 Å². The van der Waals surface area contributed by atoms with E-state index < -0.39 is 0 Å². The molecule has 0 bridgehead atoms. The van der Waals surface area contributed by atoms with Crippen molar-refractivity contribution in [1.82, 2.24) is 14.7 Å². The van der Waals surface area contributed by atoms with E-state index in [4.69, 9.17) is 0 Å². The molecule has 1 aromatic heterocycles. The molecule has 3 heterocycles. The van der Waals surface area contributed by atoms with Crippen LogP contribution in [0.15, 0.2) is 41.3 Å². The summed E-state index contributed by atoms with van der Waals surface area (Å²) in [5, 5.41) is 3.00. The fourth-order valence-corrected chi connectivity index (χ4v) is 4.15. The molecule has 2 fully saturated rings. The number of H-pyrrole nitrogens is 1. The van der Waals surface area contributed by atoms with Crippen molar-refractivity contribution >= 4 is 0 Å². The number of aromatic nitrogens is 2. The molecule has 0 saturated carbocycles. The Bertz CT molecular complexity index is 688. The maximum absolute atomic E-state index is 12.2. The number of hydrogen-bond donors (Lipinski definition) is 1. The number of benzene rings is 1. The monoisotopic (exact) mass is 297 g/mol. The van der Waals surface area contributed by atoms with Crippen LogP contribution in [0.2, 0.25) is 0 Å². The van der Waals surface area contributed by atoms with E-state index in [0.29, 0.717) is 6.04 Å². The van der Waals surface area contributed by atoms with Crippen LogP contribution in [0.1, 0.15) is 32.1 Å². The summed E-state index contributed by atoms with van der Waals surface area (Å²) in [7, 11) is 0. The second-order valence-corrected chi connectivity index (χ2v) is 6.62. The van der Waals surface area contributed by atoms with Crippen LogP contribution in [0, 0.1) is 0 Å². The summed E-state index contributed by atoms with van der Waals surface area (Å²) < 4.78 is 1.99. The Morgan fingerprint density at radius 3 is 2.82 bits per heavy atom. The number of aromatic amines is 1. The molecule has 2 atom stereocenters. The summed E-state index contributed by atoms with van der Waals surface area (Å²) in [6, 6.07) is 11.3. The predicted octanol–water partition coefficient (Wildman–Crippen LogP) is 2.86. The summed E-state index contributed by atoms with van der Waals surface area (Å²) in [5.74, 6) is 0. The molecule has 0 radical (unpaired) electrons. The molecule has 2 unspecified atom stereocenters. The molecule has 0 aliphatic carbocycles. The highest BCUT2D eigenvalue weighted by Crippen LogP contribution is 2.32. The lowest BCUT2D eigenvalue weighted by Crippen LogP contribution is -2.41. The second-order valence-electron chi connectivity index (χ2n) is 6.62. The molecule has 22 heavy (non-hydrogen) atoms. The summed E-state index contributed by atoms with van der Waals surface area (Å²) in [6.45, 7) is 2.13. The number of fused-ring (bicyclic) bond motifs is 1. The van der Waals surface area contributed by atoms with E-state index in [2.05, 4.69) is 10.00 Å². The van der Waals surface area contributed by atoms with Crippen LogP contribution in [-0.4, -0.2) is 33.3 Å². The van der Waals surface area contributed by atoms with E-state index >= 15 is 0 Å². The standard InChI is InChI=1S/C18H23N3O/c22-18-17(14-6-2-1-3-7-14)13-20(19-18)12-16-10-9-15-8-4-5-11-21(15)16/h1-3,6-7,13,15-16H,4-5,8-12H2,(H,19,22). The first kappa shape index (κ1) is 13.8. The lowest BCUT2D eigenvalue weighted by Gasteiger charge is -2.34. The topological polar surface area (TPSA) is 41.0 Å². The van der Waals surface area contributed by atoms with E-state index in [1.54, 1.807) is 0 Å². The molecule has 116 valence electrons. The number of piperidine rings is 1. The Morgan fingerprint density at radius 1 is 1.09 bits per heavy atom. The SMILES string of the molecule is O=c1[nH]n(CC2CCC3CCCCN32)cc1-c1ccccc1. The Morgan fingerprint density at radius 2 is 1.95 bits per heavy atom. The second kappa shape index (κ2) is 5.76. The summed E-state index contributed by atoms with van der Waals surface area (Å²) in [4.78, 5) is 14.9. The smallest absolute Gasteiger partial charge is 0.271 e. The van der Waals surface area contributed by atoms with Crippen molar-refractivity contribution in [3.8, 4) is 11.1 Å². The minimum Gasteiger partial charge on any atom is -0.296 e. The van der Waals surface area contributed by atoms with Crippen molar-refractivity contribution in [2.24, 2.45) is 0 Å². The maximum Gasteiger partial charge on any atom is 0.271 e. The van der Waals surface area contributed by atoms with Crippen molar-refractivity contribution in [3.05, 3.63) is 46.9 Å². The van der Waals surface area contributed by atoms with Gasteiger partial charge in [0.25, 0.3) is 5.56 Å². The zero-order chi connectivity index (χ0) is 14.9. The van der Waals surface area contributed by atoms with E-state index in [9.17, 15) is 4.79 Å². The van der Waals surface area contributed by atoms with Gasteiger partial charge in [0.05, 0.1) is 12.1 Å². The molecule has 4 nitrogen and oxygen atoms in total. The zero-order valence-corrected chi connectivity index (χ0v) is 12.9. The maximum atomic E-state index is 12.2. The Kier molecular flexibility index (Phi) is 3.62. The lowest BCUT2D eigenvalue weighted by atomic mass is 10.0. The molecule has 0 spiro atoms. The highest BCUT2D eigenvalue weighted by molar-refractivity contribution is 5.61. The normalized spacial score (nSPS) is 25.3. The van der Waals surface area contributed by atoms with Crippen molar-refractivity contribution in [1.29, 1.82) is 0 Å². The fraction of sp³-hybridized carbons (Fsp3) is 0.500. The van der Waals surface area contributed by atoms with E-state index in [1.807, 2.05) is 41.2 Å². The van der Waals surface area contributed by atoms with Crippen molar-refractivity contribution in [3.63, 3.8) is 0 Å². The summed E-state index contributed by atoms with van der Waals surface area (Å²) >= 11 is 0. The highest BCUT2D eigenvalue weighted by Gasteiger charge is 2.34. The zero-order valence-electron chi connectivity index (χ0n) is 12.9. The van der Waals surface area contributed by atoms with Crippen LogP contribution in [0.5, 0.6) is 0 Å². The third-order valence-electron chi connectivity index (χ3n) is 5.24. The summed E-state index contributed by atoms with van der Waals surface area (Å²) in [6.07, 6.45) is 8.62. The Balaban J connectivity index is 1.53. The average molecular weight is 297 g/mol. The van der Waals surface area contributed by atoms with Gasteiger partial charge in [0.1, 0.15) is 0 Å². The van der Waals surface area contributed by atoms with Gasteiger partial charge < -0.3 is 0 Å². The van der Waals surface area contributed by atoms with E-state index in [-0.39, 0.29) is 5.56 Å². The van der Waals surface area contributed by atoms with Gasteiger partial charge >= 0.3 is 0 Å². The van der Waals surface area contributed by atoms with Crippen LogP contribution in [0.3, 0.4) is 0 Å². The number of nitrogens with zero attached hydrogens (tertiary/aromatic N) is 2. The van der Waals surface area contributed by atoms with Gasteiger partial charge in [0.15, 0.2) is 0 Å². The molecule has 0 amide bonds. The number of hydrogen-bond acceptors (Lipinski definition) is 2.